The van der Waals surface area contributed by atoms with E-state index < -0.39 is 11.9 Å². The molecule has 0 unspecified atom stereocenters. The number of rotatable bonds is 8. The number of aromatic amines is 4. The fourth-order valence-corrected chi connectivity index (χ4v) is 6.13. The molecule has 8 bridgehead atoms. The van der Waals surface area contributed by atoms with E-state index in [0.717, 1.165) is 77.8 Å². The van der Waals surface area contributed by atoms with E-state index in [1.807, 2.05) is 31.2 Å². The van der Waals surface area contributed by atoms with Crippen LogP contribution in [-0.4, -0.2) is 42.1 Å². The predicted molar refractivity (Wildman–Crippen MR) is 170 cm³/mol. The monoisotopic (exact) mass is 579 g/mol. The summed E-state index contributed by atoms with van der Waals surface area (Å²) in [5.41, 5.74) is 17.4. The highest BCUT2D eigenvalue weighted by atomic mass is 16.4. The Bertz CT molecular complexity index is 2040. The summed E-state index contributed by atoms with van der Waals surface area (Å²) in [7, 11) is 0. The maximum atomic E-state index is 11.6. The first-order chi connectivity index (χ1) is 20.6. The Labute approximate surface area is 248 Å². The molecule has 1 aliphatic rings. The van der Waals surface area contributed by atoms with Gasteiger partial charge in [0, 0.05) is 80.8 Å². The number of aliphatic carboxylic acids is 2. The number of nitrogens with two attached hydrogens (primary N) is 1. The van der Waals surface area contributed by atoms with E-state index in [9.17, 15) is 19.8 Å². The molecule has 9 nitrogen and oxygen atoms in total. The molecular weight excluding hydrogens is 542 g/mol. The maximum absolute atomic E-state index is 11.6. The minimum Gasteiger partial charge on any atom is -0.481 e. The van der Waals surface area contributed by atoms with Gasteiger partial charge in [0.25, 0.3) is 0 Å². The first-order valence-corrected chi connectivity index (χ1v) is 14.2. The van der Waals surface area contributed by atoms with Crippen LogP contribution in [-0.2, 0) is 28.9 Å². The Morgan fingerprint density at radius 2 is 1.35 bits per heavy atom. The van der Waals surface area contributed by atoms with Crippen molar-refractivity contribution in [2.45, 2.75) is 52.9 Å². The summed E-state index contributed by atoms with van der Waals surface area (Å²) in [6, 6.07) is 0. The highest BCUT2D eigenvalue weighted by molar-refractivity contribution is 5.70. The number of H-pyrrole nitrogens is 4. The van der Waals surface area contributed by atoms with Crippen LogP contribution in [0.2, 0.25) is 0 Å². The molecule has 1 aliphatic heterocycles. The van der Waals surface area contributed by atoms with Crippen LogP contribution in [0.4, 0.5) is 0 Å². The van der Waals surface area contributed by atoms with Gasteiger partial charge in [-0.1, -0.05) is 25.3 Å². The van der Waals surface area contributed by atoms with Crippen LogP contribution in [0.25, 0.3) is 36.6 Å². The number of hydrogen-bond acceptors (Lipinski definition) is 3. The van der Waals surface area contributed by atoms with Crippen molar-refractivity contribution >= 4 is 48.5 Å². The zero-order valence-corrected chi connectivity index (χ0v) is 24.7. The molecule has 4 aromatic rings. The van der Waals surface area contributed by atoms with E-state index in [-0.39, 0.29) is 19.3 Å². The van der Waals surface area contributed by atoms with E-state index in [2.05, 4.69) is 53.0 Å². The lowest BCUT2D eigenvalue weighted by Crippen LogP contribution is -2.27. The minimum absolute atomic E-state index is 0.0265. The van der Waals surface area contributed by atoms with Crippen LogP contribution in [0.3, 0.4) is 0 Å². The molecular formula is C34H37N5O4. The zero-order chi connectivity index (χ0) is 31.0. The molecule has 0 spiro atoms. The number of nitrogens with one attached hydrogen (secondary N) is 4. The first-order valence-electron chi connectivity index (χ1n) is 14.2. The van der Waals surface area contributed by atoms with Crippen LogP contribution in [0.1, 0.15) is 80.3 Å². The Hall–Kier alpha value is -5.18. The second-order valence-corrected chi connectivity index (χ2v) is 11.0. The summed E-state index contributed by atoms with van der Waals surface area (Å²) in [5, 5.41) is 22.0. The van der Waals surface area contributed by atoms with Gasteiger partial charge in [0.2, 0.25) is 0 Å². The van der Waals surface area contributed by atoms with Crippen molar-refractivity contribution in [2.75, 3.05) is 0 Å². The lowest BCUT2D eigenvalue weighted by molar-refractivity contribution is -0.138. The molecule has 4 aromatic heterocycles. The summed E-state index contributed by atoms with van der Waals surface area (Å²) in [4.78, 5) is 37.3. The van der Waals surface area contributed by atoms with Gasteiger partial charge in [-0.05, 0) is 85.2 Å². The molecule has 8 N–H and O–H groups in total. The van der Waals surface area contributed by atoms with Crippen LogP contribution < -0.4 is 27.0 Å². The lowest BCUT2D eigenvalue weighted by atomic mass is 10.0. The lowest BCUT2D eigenvalue weighted by Gasteiger charge is -2.02. The number of fused-ring (bicyclic) bond motifs is 8. The van der Waals surface area contributed by atoms with Crippen LogP contribution >= 0.6 is 0 Å². The summed E-state index contributed by atoms with van der Waals surface area (Å²) >= 11 is 0. The van der Waals surface area contributed by atoms with Gasteiger partial charge in [0.15, 0.2) is 0 Å². The summed E-state index contributed by atoms with van der Waals surface area (Å²) in [5.74, 6) is -1.79. The number of carboxylic acid groups (broad SMARTS) is 2. The van der Waals surface area contributed by atoms with Gasteiger partial charge in [-0.3, -0.25) is 9.59 Å². The average Bonchev–Trinajstić information content (AvgIpc) is 3.63. The molecule has 0 aromatic carbocycles. The predicted octanol–water partition coefficient (Wildman–Crippen LogP) is 2.33. The molecule has 5 heterocycles. The average molecular weight is 580 g/mol. The fraction of sp³-hybridized carbons (Fsp3) is 0.235. The standard InChI is InChI=1S/C34H37N5O4/c1-6-20-17(3)25-12-26-19(5)22(8-10-33(40)41)30(38-26)15-31-23(9-11-34(42)43)24(16-35)32(39-31)14-29-21(7-2)18(4)27(37-29)13-28(20)36-25/h6-7,12,14-16,36-39H,1-2,8-11,13,35H2,3-5H3,(H,40,41)(H,42,43)/b24-16-,26-12-,30-15-,32-14-. The third kappa shape index (κ3) is 5.41. The molecule has 0 amide bonds. The Morgan fingerprint density at radius 3 is 1.98 bits per heavy atom. The molecule has 0 saturated carbocycles. The van der Waals surface area contributed by atoms with E-state index >= 15 is 0 Å². The Balaban J connectivity index is 1.92. The van der Waals surface area contributed by atoms with Gasteiger partial charge in [0.1, 0.15) is 0 Å². The van der Waals surface area contributed by atoms with Crippen molar-refractivity contribution < 1.29 is 19.8 Å². The van der Waals surface area contributed by atoms with Crippen molar-refractivity contribution in [2.24, 2.45) is 5.73 Å². The minimum atomic E-state index is -0.910. The van der Waals surface area contributed by atoms with Gasteiger partial charge >= 0.3 is 11.9 Å². The number of hydrogen-bond donors (Lipinski definition) is 7. The topological polar surface area (TPSA) is 164 Å². The Morgan fingerprint density at radius 1 is 0.744 bits per heavy atom. The van der Waals surface area contributed by atoms with Gasteiger partial charge in [-0.2, -0.15) is 0 Å². The third-order valence-electron chi connectivity index (χ3n) is 8.48. The summed E-state index contributed by atoms with van der Waals surface area (Å²) < 4.78 is 0. The van der Waals surface area contributed by atoms with Gasteiger partial charge in [-0.15, -0.1) is 0 Å². The second kappa shape index (κ2) is 11.6. The zero-order valence-electron chi connectivity index (χ0n) is 24.7. The van der Waals surface area contributed by atoms with E-state index in [4.69, 9.17) is 5.73 Å². The molecule has 43 heavy (non-hydrogen) atoms. The van der Waals surface area contributed by atoms with E-state index in [1.54, 1.807) is 0 Å². The smallest absolute Gasteiger partial charge is 0.303 e. The van der Waals surface area contributed by atoms with Gasteiger partial charge in [-0.25, -0.2) is 0 Å². The van der Waals surface area contributed by atoms with Gasteiger partial charge in [0.05, 0.1) is 0 Å². The number of carboxylic acids is 2. The SMILES string of the molecule is C=Cc1c2[nH]c(c1C)Cc1[nH]c(c(C)c1C=C)/C=c1\[nH]/c(c(CCC(=O)O)c1C)=C\c1[nH]c(/c(=C\N)c1CCC(=O)O)=C\2. The van der Waals surface area contributed by atoms with Crippen LogP contribution in [0.15, 0.2) is 13.2 Å². The van der Waals surface area contributed by atoms with Gasteiger partial charge < -0.3 is 35.9 Å². The van der Waals surface area contributed by atoms with Crippen molar-refractivity contribution in [3.63, 3.8) is 0 Å². The van der Waals surface area contributed by atoms with Crippen molar-refractivity contribution in [1.82, 2.24) is 19.9 Å². The van der Waals surface area contributed by atoms with Crippen LogP contribution in [0, 0.1) is 20.8 Å². The first kappa shape index (κ1) is 29.3. The van der Waals surface area contributed by atoms with Crippen molar-refractivity contribution in [1.29, 1.82) is 0 Å². The van der Waals surface area contributed by atoms with E-state index in [0.29, 0.717) is 23.8 Å². The molecule has 0 fully saturated rings. The quantitative estimate of drug-likeness (QED) is 0.150. The molecule has 9 heteroatoms. The second-order valence-electron chi connectivity index (χ2n) is 11.0. The molecule has 0 saturated heterocycles. The number of aromatic nitrogens is 4. The van der Waals surface area contributed by atoms with Crippen molar-refractivity contribution in [3.05, 3.63) is 102 Å². The maximum Gasteiger partial charge on any atom is 0.303 e. The normalized spacial score (nSPS) is 15.1. The highest BCUT2D eigenvalue weighted by Gasteiger charge is 2.18. The fourth-order valence-electron chi connectivity index (χ4n) is 6.13. The molecule has 0 atom stereocenters. The third-order valence-corrected chi connectivity index (χ3v) is 8.48. The Kier molecular flexibility index (Phi) is 7.91. The molecule has 0 radical (unpaired) electrons. The highest BCUT2D eigenvalue weighted by Crippen LogP contribution is 2.27. The summed E-state index contributed by atoms with van der Waals surface area (Å²) in [6.07, 6.45) is 12.3. The summed E-state index contributed by atoms with van der Waals surface area (Å²) in [6.45, 7) is 14.2. The molecule has 5 rings (SSSR count). The van der Waals surface area contributed by atoms with Crippen LogP contribution in [0.5, 0.6) is 0 Å². The number of carbonyl (C=O) groups is 2. The largest absolute Gasteiger partial charge is 0.481 e. The van der Waals surface area contributed by atoms with E-state index in [1.165, 1.54) is 6.20 Å². The van der Waals surface area contributed by atoms with Crippen molar-refractivity contribution in [3.8, 4) is 0 Å². The molecule has 0 aliphatic carbocycles. The molecule has 222 valence electrons.